The SMILES string of the molecule is O=[N+]([O-])c1cccc(N2CCN(Cc3cccnc3)CC2)c1. The molecule has 22 heavy (non-hydrogen) atoms. The molecule has 1 aromatic heterocycles. The van der Waals surface area contributed by atoms with Crippen molar-refractivity contribution in [2.45, 2.75) is 6.54 Å². The van der Waals surface area contributed by atoms with Gasteiger partial charge in [0.15, 0.2) is 0 Å². The van der Waals surface area contributed by atoms with Crippen LogP contribution in [-0.2, 0) is 6.54 Å². The van der Waals surface area contributed by atoms with Crippen molar-refractivity contribution in [3.05, 3.63) is 64.5 Å². The third-order valence-corrected chi connectivity index (χ3v) is 3.91. The van der Waals surface area contributed by atoms with Crippen LogP contribution in [0.15, 0.2) is 48.8 Å². The number of non-ortho nitro benzene ring substituents is 1. The van der Waals surface area contributed by atoms with Crippen LogP contribution in [0.1, 0.15) is 5.56 Å². The maximum atomic E-state index is 10.9. The predicted octanol–water partition coefficient (Wildman–Crippen LogP) is 2.31. The van der Waals surface area contributed by atoms with Crippen molar-refractivity contribution < 1.29 is 4.92 Å². The summed E-state index contributed by atoms with van der Waals surface area (Å²) in [5.41, 5.74) is 2.29. The molecule has 6 heteroatoms. The van der Waals surface area contributed by atoms with Crippen molar-refractivity contribution in [1.82, 2.24) is 9.88 Å². The van der Waals surface area contributed by atoms with Gasteiger partial charge in [0.1, 0.15) is 0 Å². The molecule has 6 nitrogen and oxygen atoms in total. The molecule has 114 valence electrons. The molecule has 1 aliphatic rings. The number of hydrogen-bond acceptors (Lipinski definition) is 5. The number of aromatic nitrogens is 1. The molecule has 2 heterocycles. The lowest BCUT2D eigenvalue weighted by Gasteiger charge is -2.36. The molecule has 0 radical (unpaired) electrons. The number of nitro benzene ring substituents is 1. The van der Waals surface area contributed by atoms with Gasteiger partial charge >= 0.3 is 0 Å². The Morgan fingerprint density at radius 1 is 1.14 bits per heavy atom. The summed E-state index contributed by atoms with van der Waals surface area (Å²) in [6.07, 6.45) is 3.68. The minimum Gasteiger partial charge on any atom is -0.369 e. The summed E-state index contributed by atoms with van der Waals surface area (Å²) in [6.45, 7) is 4.54. The van der Waals surface area contributed by atoms with Gasteiger partial charge in [-0.05, 0) is 17.7 Å². The molecule has 1 aromatic carbocycles. The zero-order chi connectivity index (χ0) is 15.4. The van der Waals surface area contributed by atoms with Gasteiger partial charge in [-0.2, -0.15) is 0 Å². The minimum absolute atomic E-state index is 0.148. The number of pyridine rings is 1. The highest BCUT2D eigenvalue weighted by atomic mass is 16.6. The maximum absolute atomic E-state index is 10.9. The van der Waals surface area contributed by atoms with Gasteiger partial charge in [0.2, 0.25) is 0 Å². The molecule has 1 fully saturated rings. The van der Waals surface area contributed by atoms with Crippen LogP contribution in [0, 0.1) is 10.1 Å². The van der Waals surface area contributed by atoms with Crippen molar-refractivity contribution >= 4 is 11.4 Å². The molecular formula is C16H18N4O2. The first kappa shape index (κ1) is 14.5. The summed E-state index contributed by atoms with van der Waals surface area (Å²) in [7, 11) is 0. The molecule has 0 unspecified atom stereocenters. The van der Waals surface area contributed by atoms with Crippen LogP contribution in [0.25, 0.3) is 0 Å². The Hall–Kier alpha value is -2.47. The number of rotatable bonds is 4. The fourth-order valence-electron chi connectivity index (χ4n) is 2.72. The summed E-state index contributed by atoms with van der Waals surface area (Å²) in [4.78, 5) is 19.2. The van der Waals surface area contributed by atoms with Crippen molar-refractivity contribution in [1.29, 1.82) is 0 Å². The number of benzene rings is 1. The van der Waals surface area contributed by atoms with Crippen LogP contribution in [0.2, 0.25) is 0 Å². The van der Waals surface area contributed by atoms with Crippen LogP contribution in [-0.4, -0.2) is 41.0 Å². The fourth-order valence-corrected chi connectivity index (χ4v) is 2.72. The van der Waals surface area contributed by atoms with Gasteiger partial charge in [0.25, 0.3) is 5.69 Å². The number of nitro groups is 1. The highest BCUT2D eigenvalue weighted by Gasteiger charge is 2.18. The van der Waals surface area contributed by atoms with E-state index in [0.717, 1.165) is 38.4 Å². The lowest BCUT2D eigenvalue weighted by Crippen LogP contribution is -2.45. The van der Waals surface area contributed by atoms with Crippen LogP contribution in [0.5, 0.6) is 0 Å². The first-order valence-corrected chi connectivity index (χ1v) is 7.33. The van der Waals surface area contributed by atoms with E-state index < -0.39 is 0 Å². The van der Waals surface area contributed by atoms with Gasteiger partial charge in [-0.15, -0.1) is 0 Å². The van der Waals surface area contributed by atoms with E-state index in [1.807, 2.05) is 18.3 Å². The van der Waals surface area contributed by atoms with E-state index in [-0.39, 0.29) is 10.6 Å². The molecule has 0 amide bonds. The van der Waals surface area contributed by atoms with Gasteiger partial charge in [-0.3, -0.25) is 20.0 Å². The molecule has 0 spiro atoms. The van der Waals surface area contributed by atoms with Crippen LogP contribution in [0.4, 0.5) is 11.4 Å². The van der Waals surface area contributed by atoms with E-state index in [0.29, 0.717) is 0 Å². The Morgan fingerprint density at radius 2 is 1.95 bits per heavy atom. The third kappa shape index (κ3) is 3.40. The zero-order valence-corrected chi connectivity index (χ0v) is 12.3. The average molecular weight is 298 g/mol. The molecule has 0 aliphatic carbocycles. The van der Waals surface area contributed by atoms with Crippen LogP contribution < -0.4 is 4.90 Å². The van der Waals surface area contributed by atoms with E-state index in [2.05, 4.69) is 20.9 Å². The molecule has 0 bridgehead atoms. The third-order valence-electron chi connectivity index (χ3n) is 3.91. The van der Waals surface area contributed by atoms with Crippen molar-refractivity contribution in [2.24, 2.45) is 0 Å². The van der Waals surface area contributed by atoms with Crippen LogP contribution >= 0.6 is 0 Å². The highest BCUT2D eigenvalue weighted by Crippen LogP contribution is 2.22. The number of anilines is 1. The molecule has 1 aliphatic heterocycles. The first-order valence-electron chi connectivity index (χ1n) is 7.33. The smallest absolute Gasteiger partial charge is 0.271 e. The number of hydrogen-bond donors (Lipinski definition) is 0. The average Bonchev–Trinajstić information content (AvgIpc) is 2.56. The monoisotopic (exact) mass is 298 g/mol. The number of piperazine rings is 1. The van der Waals surface area contributed by atoms with E-state index in [1.165, 1.54) is 11.6 Å². The summed E-state index contributed by atoms with van der Waals surface area (Å²) >= 11 is 0. The van der Waals surface area contributed by atoms with Gasteiger partial charge in [0, 0.05) is 62.9 Å². The van der Waals surface area contributed by atoms with E-state index >= 15 is 0 Å². The predicted molar refractivity (Wildman–Crippen MR) is 84.8 cm³/mol. The largest absolute Gasteiger partial charge is 0.369 e. The first-order chi connectivity index (χ1) is 10.7. The van der Waals surface area contributed by atoms with E-state index in [1.54, 1.807) is 18.3 Å². The maximum Gasteiger partial charge on any atom is 0.271 e. The molecule has 0 atom stereocenters. The Bertz CT molecular complexity index is 640. The van der Waals surface area contributed by atoms with Gasteiger partial charge in [-0.25, -0.2) is 0 Å². The minimum atomic E-state index is -0.345. The van der Waals surface area contributed by atoms with Crippen molar-refractivity contribution in [3.63, 3.8) is 0 Å². The molecule has 0 N–H and O–H groups in total. The van der Waals surface area contributed by atoms with Gasteiger partial charge < -0.3 is 4.90 Å². The summed E-state index contributed by atoms with van der Waals surface area (Å²) in [5, 5.41) is 10.9. The molecule has 2 aromatic rings. The molecular weight excluding hydrogens is 280 g/mol. The Morgan fingerprint density at radius 3 is 2.64 bits per heavy atom. The molecule has 1 saturated heterocycles. The summed E-state index contributed by atoms with van der Waals surface area (Å²) in [5.74, 6) is 0. The zero-order valence-electron chi connectivity index (χ0n) is 12.3. The van der Waals surface area contributed by atoms with Crippen molar-refractivity contribution in [3.8, 4) is 0 Å². The molecule has 0 saturated carbocycles. The van der Waals surface area contributed by atoms with E-state index in [4.69, 9.17) is 0 Å². The second-order valence-electron chi connectivity index (χ2n) is 5.40. The highest BCUT2D eigenvalue weighted by molar-refractivity contribution is 5.53. The second-order valence-corrected chi connectivity index (χ2v) is 5.40. The molecule has 3 rings (SSSR count). The quantitative estimate of drug-likeness (QED) is 0.640. The second kappa shape index (κ2) is 6.53. The topological polar surface area (TPSA) is 62.5 Å². The lowest BCUT2D eigenvalue weighted by atomic mass is 10.2. The summed E-state index contributed by atoms with van der Waals surface area (Å²) < 4.78 is 0. The van der Waals surface area contributed by atoms with Gasteiger partial charge in [-0.1, -0.05) is 12.1 Å². The van der Waals surface area contributed by atoms with Gasteiger partial charge in [0.05, 0.1) is 4.92 Å². The lowest BCUT2D eigenvalue weighted by molar-refractivity contribution is -0.384. The Kier molecular flexibility index (Phi) is 4.29. The standard InChI is InChI=1S/C16H18N4O2/c21-20(22)16-5-1-4-15(11-16)19-9-7-18(8-10-19)13-14-3-2-6-17-12-14/h1-6,11-12H,7-10,13H2. The Balaban J connectivity index is 1.60. The van der Waals surface area contributed by atoms with E-state index in [9.17, 15) is 10.1 Å². The summed E-state index contributed by atoms with van der Waals surface area (Å²) in [6, 6.07) is 10.9. The normalized spacial score (nSPS) is 15.7. The van der Waals surface area contributed by atoms with Crippen LogP contribution in [0.3, 0.4) is 0 Å². The van der Waals surface area contributed by atoms with Crippen molar-refractivity contribution in [2.75, 3.05) is 31.1 Å². The Labute approximate surface area is 129 Å². The fraction of sp³-hybridized carbons (Fsp3) is 0.312. The number of nitrogens with zero attached hydrogens (tertiary/aromatic N) is 4.